The van der Waals surface area contributed by atoms with E-state index in [-0.39, 0.29) is 5.91 Å². The van der Waals surface area contributed by atoms with Crippen LogP contribution in [0.4, 0.5) is 0 Å². The Labute approximate surface area is 97.8 Å². The fourth-order valence-corrected chi connectivity index (χ4v) is 2.20. The Bertz CT molecular complexity index is 202. The first-order valence-electron chi connectivity index (χ1n) is 6.05. The van der Waals surface area contributed by atoms with Gasteiger partial charge in [-0.05, 0) is 31.1 Å². The molecule has 0 saturated heterocycles. The fraction of sp³-hybridized carbons (Fsp3) is 0.917. The SMILES string of the molecule is CCCCCC(=O)NCC1(CCCl)CC1. The van der Waals surface area contributed by atoms with E-state index in [9.17, 15) is 4.79 Å². The number of carbonyl (C=O) groups excluding carboxylic acids is 1. The van der Waals surface area contributed by atoms with Crippen molar-refractivity contribution >= 4 is 17.5 Å². The third-order valence-corrected chi connectivity index (χ3v) is 3.44. The van der Waals surface area contributed by atoms with E-state index in [2.05, 4.69) is 12.2 Å². The first-order chi connectivity index (χ1) is 7.22. The molecular formula is C12H22ClNO. The number of unbranched alkanes of at least 4 members (excludes halogenated alkanes) is 2. The Balaban J connectivity index is 2.06. The van der Waals surface area contributed by atoms with Gasteiger partial charge in [0, 0.05) is 18.8 Å². The van der Waals surface area contributed by atoms with E-state index >= 15 is 0 Å². The van der Waals surface area contributed by atoms with Crippen LogP contribution in [0.15, 0.2) is 0 Å². The smallest absolute Gasteiger partial charge is 0.220 e. The first kappa shape index (κ1) is 12.8. The molecule has 1 N–H and O–H groups in total. The standard InChI is InChI=1S/C12H22ClNO/c1-2-3-4-5-11(15)14-10-12(6-7-12)8-9-13/h2-10H2,1H3,(H,14,15). The zero-order valence-electron chi connectivity index (χ0n) is 9.65. The van der Waals surface area contributed by atoms with Crippen molar-refractivity contribution < 1.29 is 4.79 Å². The largest absolute Gasteiger partial charge is 0.356 e. The van der Waals surface area contributed by atoms with E-state index in [1.807, 2.05) is 0 Å². The van der Waals surface area contributed by atoms with E-state index in [4.69, 9.17) is 11.6 Å². The molecule has 3 heteroatoms. The monoisotopic (exact) mass is 231 g/mol. The van der Waals surface area contributed by atoms with Crippen LogP contribution >= 0.6 is 11.6 Å². The van der Waals surface area contributed by atoms with Gasteiger partial charge in [-0.2, -0.15) is 0 Å². The Morgan fingerprint density at radius 3 is 2.67 bits per heavy atom. The zero-order chi connectivity index (χ0) is 11.1. The molecule has 0 aromatic rings. The van der Waals surface area contributed by atoms with Crippen molar-refractivity contribution in [3.8, 4) is 0 Å². The van der Waals surface area contributed by atoms with Crippen LogP contribution < -0.4 is 5.32 Å². The summed E-state index contributed by atoms with van der Waals surface area (Å²) in [6.45, 7) is 2.99. The van der Waals surface area contributed by atoms with Crippen LogP contribution in [0, 0.1) is 5.41 Å². The van der Waals surface area contributed by atoms with Gasteiger partial charge in [-0.15, -0.1) is 11.6 Å². The van der Waals surface area contributed by atoms with Crippen molar-refractivity contribution in [3.63, 3.8) is 0 Å². The van der Waals surface area contributed by atoms with E-state index in [1.54, 1.807) is 0 Å². The van der Waals surface area contributed by atoms with Gasteiger partial charge in [0.1, 0.15) is 0 Å². The zero-order valence-corrected chi connectivity index (χ0v) is 10.4. The second-order valence-electron chi connectivity index (χ2n) is 4.67. The van der Waals surface area contributed by atoms with Crippen molar-refractivity contribution in [1.82, 2.24) is 5.32 Å². The van der Waals surface area contributed by atoms with Gasteiger partial charge in [-0.1, -0.05) is 19.8 Å². The summed E-state index contributed by atoms with van der Waals surface area (Å²) in [5.74, 6) is 0.926. The molecule has 0 aromatic carbocycles. The Morgan fingerprint density at radius 1 is 1.40 bits per heavy atom. The van der Waals surface area contributed by atoms with Crippen LogP contribution in [0.5, 0.6) is 0 Å². The molecule has 0 spiro atoms. The van der Waals surface area contributed by atoms with Gasteiger partial charge in [0.2, 0.25) is 5.91 Å². The van der Waals surface area contributed by atoms with Crippen LogP contribution in [-0.2, 0) is 4.79 Å². The third kappa shape index (κ3) is 4.87. The first-order valence-corrected chi connectivity index (χ1v) is 6.58. The van der Waals surface area contributed by atoms with Crippen LogP contribution in [-0.4, -0.2) is 18.3 Å². The lowest BCUT2D eigenvalue weighted by atomic mass is 10.0. The van der Waals surface area contributed by atoms with Crippen LogP contribution in [0.3, 0.4) is 0 Å². The predicted octanol–water partition coefficient (Wildman–Crippen LogP) is 3.09. The topological polar surface area (TPSA) is 29.1 Å². The predicted molar refractivity (Wildman–Crippen MR) is 64.2 cm³/mol. The van der Waals surface area contributed by atoms with Gasteiger partial charge >= 0.3 is 0 Å². The number of halogens is 1. The van der Waals surface area contributed by atoms with Crippen molar-refractivity contribution in [2.45, 2.75) is 51.9 Å². The Morgan fingerprint density at radius 2 is 2.13 bits per heavy atom. The molecular weight excluding hydrogens is 210 g/mol. The molecule has 1 rings (SSSR count). The molecule has 0 bridgehead atoms. The highest BCUT2D eigenvalue weighted by Gasteiger charge is 2.41. The van der Waals surface area contributed by atoms with Crippen LogP contribution in [0.1, 0.15) is 51.9 Å². The Hall–Kier alpha value is -0.240. The van der Waals surface area contributed by atoms with Crippen LogP contribution in [0.2, 0.25) is 0 Å². The van der Waals surface area contributed by atoms with Gasteiger partial charge in [-0.3, -0.25) is 4.79 Å². The lowest BCUT2D eigenvalue weighted by Gasteiger charge is -2.14. The lowest BCUT2D eigenvalue weighted by Crippen LogP contribution is -2.30. The summed E-state index contributed by atoms with van der Waals surface area (Å²) in [5.41, 5.74) is 0.363. The van der Waals surface area contributed by atoms with Gasteiger partial charge in [0.15, 0.2) is 0 Å². The van der Waals surface area contributed by atoms with E-state index in [0.29, 0.717) is 17.7 Å². The number of hydrogen-bond donors (Lipinski definition) is 1. The summed E-state index contributed by atoms with van der Waals surface area (Å²) >= 11 is 5.73. The molecule has 0 aliphatic heterocycles. The molecule has 1 saturated carbocycles. The number of carbonyl (C=O) groups is 1. The maximum absolute atomic E-state index is 11.5. The molecule has 0 heterocycles. The average Bonchev–Trinajstić information content (AvgIpc) is 2.97. The van der Waals surface area contributed by atoms with Gasteiger partial charge < -0.3 is 5.32 Å². The number of amides is 1. The summed E-state index contributed by atoms with van der Waals surface area (Å²) in [6, 6.07) is 0. The van der Waals surface area contributed by atoms with Gasteiger partial charge in [0.25, 0.3) is 0 Å². The Kier molecular flexibility index (Phi) is 5.44. The number of rotatable bonds is 8. The highest BCUT2D eigenvalue weighted by Crippen LogP contribution is 2.48. The van der Waals surface area contributed by atoms with Crippen molar-refractivity contribution in [1.29, 1.82) is 0 Å². The quantitative estimate of drug-likeness (QED) is 0.505. The summed E-state index contributed by atoms with van der Waals surface area (Å²) in [6.07, 6.45) is 7.53. The lowest BCUT2D eigenvalue weighted by molar-refractivity contribution is -0.121. The maximum Gasteiger partial charge on any atom is 0.220 e. The van der Waals surface area contributed by atoms with Crippen molar-refractivity contribution in [2.24, 2.45) is 5.41 Å². The van der Waals surface area contributed by atoms with Gasteiger partial charge in [-0.25, -0.2) is 0 Å². The van der Waals surface area contributed by atoms with Crippen molar-refractivity contribution in [3.05, 3.63) is 0 Å². The van der Waals surface area contributed by atoms with E-state index < -0.39 is 0 Å². The molecule has 0 radical (unpaired) electrons. The molecule has 1 aliphatic carbocycles. The fourth-order valence-electron chi connectivity index (χ4n) is 1.80. The highest BCUT2D eigenvalue weighted by atomic mass is 35.5. The van der Waals surface area contributed by atoms with Crippen LogP contribution in [0.25, 0.3) is 0 Å². The molecule has 1 fully saturated rings. The maximum atomic E-state index is 11.5. The minimum absolute atomic E-state index is 0.212. The molecule has 2 nitrogen and oxygen atoms in total. The molecule has 0 aromatic heterocycles. The molecule has 1 aliphatic rings. The van der Waals surface area contributed by atoms with E-state index in [0.717, 1.165) is 25.8 Å². The highest BCUT2D eigenvalue weighted by molar-refractivity contribution is 6.17. The minimum Gasteiger partial charge on any atom is -0.356 e. The molecule has 0 unspecified atom stereocenters. The average molecular weight is 232 g/mol. The molecule has 15 heavy (non-hydrogen) atoms. The summed E-state index contributed by atoms with van der Waals surface area (Å²) in [4.78, 5) is 11.5. The second-order valence-corrected chi connectivity index (χ2v) is 5.05. The number of nitrogens with one attached hydrogen (secondary N) is 1. The summed E-state index contributed by atoms with van der Waals surface area (Å²) in [5, 5.41) is 3.03. The van der Waals surface area contributed by atoms with Crippen molar-refractivity contribution in [2.75, 3.05) is 12.4 Å². The summed E-state index contributed by atoms with van der Waals surface area (Å²) < 4.78 is 0. The molecule has 0 atom stereocenters. The van der Waals surface area contributed by atoms with Gasteiger partial charge in [0.05, 0.1) is 0 Å². The third-order valence-electron chi connectivity index (χ3n) is 3.25. The normalized spacial score (nSPS) is 17.5. The molecule has 1 amide bonds. The molecule has 88 valence electrons. The minimum atomic E-state index is 0.212. The number of hydrogen-bond acceptors (Lipinski definition) is 1. The summed E-state index contributed by atoms with van der Waals surface area (Å²) in [7, 11) is 0. The number of alkyl halides is 1. The van der Waals surface area contributed by atoms with E-state index in [1.165, 1.54) is 19.3 Å². The second kappa shape index (κ2) is 6.37.